The summed E-state index contributed by atoms with van der Waals surface area (Å²) < 4.78 is 5.97. The Morgan fingerprint density at radius 2 is 1.83 bits per heavy atom. The molecule has 0 amide bonds. The number of aliphatic imine (C=N–C) groups is 1. The summed E-state index contributed by atoms with van der Waals surface area (Å²) >= 11 is 0. The van der Waals surface area contributed by atoms with Crippen molar-refractivity contribution in [3.63, 3.8) is 0 Å². The number of nitrogens with zero attached hydrogens (tertiary/aromatic N) is 1. The van der Waals surface area contributed by atoms with E-state index in [4.69, 9.17) is 10.5 Å². The minimum absolute atomic E-state index is 0.0508. The average Bonchev–Trinajstić information content (AvgIpc) is 2.80. The first-order chi connectivity index (χ1) is 14.8. The number of guanidine groups is 1. The standard InChI is InChI=1S/C25H44N4O/c1-2-3-4-5-6-7-8-12-17-30-24(18-26)21-29-25-27-19-23(20-28-25)16-15-22-13-10-9-11-14-22/h9-11,13-14,23-24H,2-8,12,15-21,26H2,1H3,(H2,27,28,29). The second-order valence-corrected chi connectivity index (χ2v) is 8.54. The molecule has 1 aliphatic rings. The summed E-state index contributed by atoms with van der Waals surface area (Å²) in [6.45, 7) is 6.19. The van der Waals surface area contributed by atoms with E-state index >= 15 is 0 Å². The topological polar surface area (TPSA) is 71.7 Å². The molecule has 0 fully saturated rings. The van der Waals surface area contributed by atoms with Gasteiger partial charge in [0, 0.05) is 32.8 Å². The number of nitrogens with two attached hydrogens (primary N) is 1. The van der Waals surface area contributed by atoms with Crippen LogP contribution in [0.2, 0.25) is 0 Å². The maximum Gasteiger partial charge on any atom is 0.191 e. The van der Waals surface area contributed by atoms with E-state index in [1.54, 1.807) is 0 Å². The number of ether oxygens (including phenoxy) is 1. The SMILES string of the molecule is CCCCCCCCCCOC(CN)CNC1=NCC(CCc2ccccc2)CN1. The first kappa shape index (κ1) is 24.7. The minimum Gasteiger partial charge on any atom is -0.375 e. The second kappa shape index (κ2) is 16.1. The zero-order valence-corrected chi connectivity index (χ0v) is 19.1. The molecule has 1 aliphatic heterocycles. The summed E-state index contributed by atoms with van der Waals surface area (Å²) in [7, 11) is 0. The Morgan fingerprint density at radius 3 is 2.50 bits per heavy atom. The van der Waals surface area contributed by atoms with Crippen molar-refractivity contribution >= 4 is 5.96 Å². The van der Waals surface area contributed by atoms with Gasteiger partial charge in [-0.05, 0) is 30.7 Å². The maximum absolute atomic E-state index is 5.97. The lowest BCUT2D eigenvalue weighted by atomic mass is 9.99. The highest BCUT2D eigenvalue weighted by atomic mass is 16.5. The van der Waals surface area contributed by atoms with Gasteiger partial charge in [-0.25, -0.2) is 0 Å². The van der Waals surface area contributed by atoms with E-state index in [0.717, 1.165) is 38.5 Å². The molecule has 4 N–H and O–H groups in total. The summed E-state index contributed by atoms with van der Waals surface area (Å²) in [6, 6.07) is 10.7. The highest BCUT2D eigenvalue weighted by molar-refractivity contribution is 5.80. The molecule has 1 aromatic carbocycles. The van der Waals surface area contributed by atoms with Crippen molar-refractivity contribution < 1.29 is 4.74 Å². The van der Waals surface area contributed by atoms with Crippen molar-refractivity contribution in [2.75, 3.05) is 32.8 Å². The van der Waals surface area contributed by atoms with Gasteiger partial charge in [0.1, 0.15) is 0 Å². The Morgan fingerprint density at radius 1 is 1.10 bits per heavy atom. The lowest BCUT2D eigenvalue weighted by Gasteiger charge is -2.25. The van der Waals surface area contributed by atoms with E-state index in [-0.39, 0.29) is 6.10 Å². The van der Waals surface area contributed by atoms with Gasteiger partial charge in [0.05, 0.1) is 6.10 Å². The predicted molar refractivity (Wildman–Crippen MR) is 128 cm³/mol. The van der Waals surface area contributed by atoms with E-state index < -0.39 is 0 Å². The molecule has 30 heavy (non-hydrogen) atoms. The summed E-state index contributed by atoms with van der Waals surface area (Å²) in [6.07, 6.45) is 12.9. The molecular weight excluding hydrogens is 372 g/mol. The second-order valence-electron chi connectivity index (χ2n) is 8.54. The van der Waals surface area contributed by atoms with Crippen molar-refractivity contribution in [2.24, 2.45) is 16.6 Å². The monoisotopic (exact) mass is 416 g/mol. The highest BCUT2D eigenvalue weighted by Crippen LogP contribution is 2.12. The molecule has 0 aliphatic carbocycles. The minimum atomic E-state index is 0.0508. The molecule has 0 saturated carbocycles. The van der Waals surface area contributed by atoms with Gasteiger partial charge < -0.3 is 21.1 Å². The number of hydrogen-bond donors (Lipinski definition) is 3. The van der Waals surface area contributed by atoms with E-state index in [1.165, 1.54) is 56.9 Å². The van der Waals surface area contributed by atoms with Gasteiger partial charge in [-0.15, -0.1) is 0 Å². The molecule has 2 unspecified atom stereocenters. The molecule has 0 radical (unpaired) electrons. The third-order valence-electron chi connectivity index (χ3n) is 5.86. The first-order valence-electron chi connectivity index (χ1n) is 12.2. The molecule has 0 aromatic heterocycles. The largest absolute Gasteiger partial charge is 0.375 e. The van der Waals surface area contributed by atoms with Crippen molar-refractivity contribution in [3.8, 4) is 0 Å². The summed E-state index contributed by atoms with van der Waals surface area (Å²) in [5, 5.41) is 6.81. The van der Waals surface area contributed by atoms with Crippen molar-refractivity contribution in [1.82, 2.24) is 10.6 Å². The van der Waals surface area contributed by atoms with Crippen LogP contribution in [0.5, 0.6) is 0 Å². The smallest absolute Gasteiger partial charge is 0.191 e. The number of rotatable bonds is 16. The fraction of sp³-hybridized carbons (Fsp3) is 0.720. The normalized spacial score (nSPS) is 17.3. The Bertz CT molecular complexity index is 564. The number of nitrogens with one attached hydrogen (secondary N) is 2. The van der Waals surface area contributed by atoms with Crippen LogP contribution in [0.1, 0.15) is 70.3 Å². The van der Waals surface area contributed by atoms with Gasteiger partial charge in [-0.2, -0.15) is 0 Å². The van der Waals surface area contributed by atoms with Crippen molar-refractivity contribution in [2.45, 2.75) is 77.2 Å². The summed E-state index contributed by atoms with van der Waals surface area (Å²) in [5.41, 5.74) is 7.30. The highest BCUT2D eigenvalue weighted by Gasteiger charge is 2.16. The Hall–Kier alpha value is -1.59. The van der Waals surface area contributed by atoms with Gasteiger partial charge in [0.25, 0.3) is 0 Å². The third-order valence-corrected chi connectivity index (χ3v) is 5.86. The Balaban J connectivity index is 1.51. The van der Waals surface area contributed by atoms with Gasteiger partial charge in [0.15, 0.2) is 5.96 Å². The van der Waals surface area contributed by atoms with E-state index in [2.05, 4.69) is 52.9 Å². The number of unbranched alkanes of at least 4 members (excludes halogenated alkanes) is 7. The molecule has 5 heteroatoms. The molecule has 0 bridgehead atoms. The van der Waals surface area contributed by atoms with Crippen LogP contribution in [-0.2, 0) is 11.2 Å². The van der Waals surface area contributed by atoms with E-state index in [9.17, 15) is 0 Å². The Kier molecular flexibility index (Phi) is 13.3. The van der Waals surface area contributed by atoms with Crippen molar-refractivity contribution in [1.29, 1.82) is 0 Å². The van der Waals surface area contributed by atoms with Gasteiger partial charge in [-0.3, -0.25) is 4.99 Å². The number of hydrogen-bond acceptors (Lipinski definition) is 5. The zero-order valence-electron chi connectivity index (χ0n) is 19.1. The fourth-order valence-corrected chi connectivity index (χ4v) is 3.82. The molecule has 170 valence electrons. The quantitative estimate of drug-likeness (QED) is 0.352. The van der Waals surface area contributed by atoms with Gasteiger partial charge >= 0.3 is 0 Å². The molecule has 0 spiro atoms. The lowest BCUT2D eigenvalue weighted by Crippen LogP contribution is -2.47. The number of benzene rings is 1. The fourth-order valence-electron chi connectivity index (χ4n) is 3.82. The summed E-state index contributed by atoms with van der Waals surface area (Å²) in [4.78, 5) is 4.68. The predicted octanol–water partition coefficient (Wildman–Crippen LogP) is 4.27. The first-order valence-corrected chi connectivity index (χ1v) is 12.2. The van der Waals surface area contributed by atoms with Crippen LogP contribution < -0.4 is 16.4 Å². The van der Waals surface area contributed by atoms with Gasteiger partial charge in [-0.1, -0.05) is 82.2 Å². The summed E-state index contributed by atoms with van der Waals surface area (Å²) in [5.74, 6) is 1.49. The van der Waals surface area contributed by atoms with Crippen LogP contribution in [0.25, 0.3) is 0 Å². The Labute approximate surface area is 184 Å². The van der Waals surface area contributed by atoms with Crippen LogP contribution in [0, 0.1) is 5.92 Å². The molecule has 0 saturated heterocycles. The van der Waals surface area contributed by atoms with Crippen LogP contribution in [-0.4, -0.2) is 44.8 Å². The lowest BCUT2D eigenvalue weighted by molar-refractivity contribution is 0.0590. The van der Waals surface area contributed by atoms with E-state index in [0.29, 0.717) is 19.0 Å². The van der Waals surface area contributed by atoms with Crippen LogP contribution in [0.4, 0.5) is 0 Å². The maximum atomic E-state index is 5.97. The zero-order chi connectivity index (χ0) is 21.3. The molecule has 2 atom stereocenters. The molecule has 5 nitrogen and oxygen atoms in total. The van der Waals surface area contributed by atoms with Crippen molar-refractivity contribution in [3.05, 3.63) is 35.9 Å². The molecular formula is C25H44N4O. The molecule has 2 rings (SSSR count). The third kappa shape index (κ3) is 11.0. The molecule has 1 aromatic rings. The molecule has 1 heterocycles. The van der Waals surface area contributed by atoms with Crippen LogP contribution in [0.15, 0.2) is 35.3 Å². The average molecular weight is 417 g/mol. The van der Waals surface area contributed by atoms with Gasteiger partial charge in [0.2, 0.25) is 0 Å². The van der Waals surface area contributed by atoms with E-state index in [1.807, 2.05) is 0 Å². The number of aryl methyl sites for hydroxylation is 1. The van der Waals surface area contributed by atoms with Crippen LogP contribution >= 0.6 is 0 Å². The van der Waals surface area contributed by atoms with Crippen LogP contribution in [0.3, 0.4) is 0 Å².